The molecule has 1 unspecified atom stereocenters. The number of likely N-dealkylation sites (tertiary alicyclic amines) is 1. The molecule has 3 aromatic rings. The molecule has 5 nitrogen and oxygen atoms in total. The van der Waals surface area contributed by atoms with Crippen molar-refractivity contribution in [2.45, 2.75) is 31.8 Å². The number of benzene rings is 1. The predicted octanol–water partition coefficient (Wildman–Crippen LogP) is 1.74. The molecule has 124 valence electrons. The summed E-state index contributed by atoms with van der Waals surface area (Å²) in [5.41, 5.74) is 2.09. The molecular formula is C19H23N4O+. The number of quaternary nitrogens is 1. The van der Waals surface area contributed by atoms with E-state index in [0.29, 0.717) is 11.4 Å². The van der Waals surface area contributed by atoms with Crippen LogP contribution in [0.4, 0.5) is 0 Å². The molecule has 3 heterocycles. The van der Waals surface area contributed by atoms with Crippen LogP contribution in [0, 0.1) is 0 Å². The third-order valence-electron chi connectivity index (χ3n) is 5.34. The molecule has 0 amide bonds. The molecule has 4 rings (SSSR count). The number of hydrogen-bond acceptors (Lipinski definition) is 2. The molecule has 2 aromatic heterocycles. The highest BCUT2D eigenvalue weighted by Crippen LogP contribution is 2.22. The van der Waals surface area contributed by atoms with E-state index in [9.17, 15) is 4.79 Å². The highest BCUT2D eigenvalue weighted by atomic mass is 16.1. The molecule has 2 N–H and O–H groups in total. The zero-order valence-electron chi connectivity index (χ0n) is 14.1. The van der Waals surface area contributed by atoms with Crippen LogP contribution in [0.25, 0.3) is 10.9 Å². The van der Waals surface area contributed by atoms with E-state index in [0.717, 1.165) is 17.9 Å². The van der Waals surface area contributed by atoms with Crippen molar-refractivity contribution in [3.05, 3.63) is 64.5 Å². The van der Waals surface area contributed by atoms with E-state index < -0.39 is 0 Å². The summed E-state index contributed by atoms with van der Waals surface area (Å²) in [5.74, 6) is 0.787. The number of fused-ring (bicyclic) bond motifs is 1. The second-order valence-corrected chi connectivity index (χ2v) is 6.75. The number of aromatic amines is 1. The predicted molar refractivity (Wildman–Crippen MR) is 94.0 cm³/mol. The van der Waals surface area contributed by atoms with Gasteiger partial charge in [-0.15, -0.1) is 0 Å². The Kier molecular flexibility index (Phi) is 3.73. The maximum atomic E-state index is 12.4. The average molecular weight is 323 g/mol. The van der Waals surface area contributed by atoms with Crippen LogP contribution in [0.3, 0.4) is 0 Å². The van der Waals surface area contributed by atoms with Crippen molar-refractivity contribution in [1.82, 2.24) is 14.5 Å². The van der Waals surface area contributed by atoms with E-state index in [1.807, 2.05) is 24.3 Å². The van der Waals surface area contributed by atoms with Crippen LogP contribution < -0.4 is 10.5 Å². The van der Waals surface area contributed by atoms with Gasteiger partial charge in [-0.1, -0.05) is 12.1 Å². The zero-order chi connectivity index (χ0) is 16.7. The monoisotopic (exact) mass is 323 g/mol. The van der Waals surface area contributed by atoms with Gasteiger partial charge in [0.25, 0.3) is 5.56 Å². The molecular weight excluding hydrogens is 300 g/mol. The van der Waals surface area contributed by atoms with E-state index in [-0.39, 0.29) is 11.6 Å². The molecule has 1 fully saturated rings. The summed E-state index contributed by atoms with van der Waals surface area (Å²) in [7, 11) is 2.10. The van der Waals surface area contributed by atoms with Crippen molar-refractivity contribution >= 4 is 10.9 Å². The standard InChI is InChI=1S/C19H22N4O/c1-13(18-20-15-8-4-3-7-14(15)19(24)21-18)23-12-6-10-17(23)16-9-5-11-22(16)2/h3-5,7-9,11,13,17H,6,10,12H2,1-2H3,(H,20,21,24)/p+1/t13-,17-/m1/s1. The van der Waals surface area contributed by atoms with Gasteiger partial charge in [-0.05, 0) is 31.2 Å². The molecule has 1 saturated heterocycles. The first kappa shape index (κ1) is 15.1. The third-order valence-corrected chi connectivity index (χ3v) is 5.34. The van der Waals surface area contributed by atoms with Crippen molar-refractivity contribution in [1.29, 1.82) is 0 Å². The number of nitrogens with one attached hydrogen (secondary N) is 2. The lowest BCUT2D eigenvalue weighted by atomic mass is 10.1. The smallest absolute Gasteiger partial charge is 0.258 e. The Hall–Kier alpha value is -2.40. The van der Waals surface area contributed by atoms with Gasteiger partial charge in [0.05, 0.1) is 23.1 Å². The van der Waals surface area contributed by atoms with E-state index in [1.54, 1.807) is 0 Å². The molecule has 1 aromatic carbocycles. The van der Waals surface area contributed by atoms with Gasteiger partial charge in [0.1, 0.15) is 12.1 Å². The fourth-order valence-corrected chi connectivity index (χ4v) is 4.05. The van der Waals surface area contributed by atoms with Gasteiger partial charge < -0.3 is 14.5 Å². The summed E-state index contributed by atoms with van der Waals surface area (Å²) in [5, 5.41) is 0.656. The van der Waals surface area contributed by atoms with Crippen molar-refractivity contribution in [2.75, 3.05) is 6.54 Å². The largest absolute Gasteiger partial charge is 0.350 e. The molecule has 3 atom stereocenters. The minimum Gasteiger partial charge on any atom is -0.350 e. The first-order valence-corrected chi connectivity index (χ1v) is 8.61. The minimum atomic E-state index is -0.0449. The molecule has 1 aliphatic heterocycles. The SMILES string of the molecule is C[C@H](c1nc2ccccc2c(=O)[nH]1)[NH+]1CCC[C@@H]1c1cccn1C. The van der Waals surface area contributed by atoms with E-state index >= 15 is 0 Å². The number of rotatable bonds is 3. The summed E-state index contributed by atoms with van der Waals surface area (Å²) in [6, 6.07) is 12.5. The Morgan fingerprint density at radius 1 is 1.29 bits per heavy atom. The Morgan fingerprint density at radius 2 is 2.12 bits per heavy atom. The number of aromatic nitrogens is 3. The minimum absolute atomic E-state index is 0.0449. The van der Waals surface area contributed by atoms with Crippen LogP contribution in [0.2, 0.25) is 0 Å². The van der Waals surface area contributed by atoms with Crippen LogP contribution in [-0.4, -0.2) is 21.1 Å². The zero-order valence-corrected chi connectivity index (χ0v) is 14.1. The molecule has 0 saturated carbocycles. The summed E-state index contributed by atoms with van der Waals surface area (Å²) in [6.45, 7) is 3.27. The number of aryl methyl sites for hydroxylation is 1. The lowest BCUT2D eigenvalue weighted by Crippen LogP contribution is -3.10. The summed E-state index contributed by atoms with van der Waals surface area (Å²) in [6.07, 6.45) is 4.48. The van der Waals surface area contributed by atoms with Crippen LogP contribution in [-0.2, 0) is 7.05 Å². The quantitative estimate of drug-likeness (QED) is 0.771. The van der Waals surface area contributed by atoms with Gasteiger partial charge in [-0.2, -0.15) is 0 Å². The highest BCUT2D eigenvalue weighted by Gasteiger charge is 2.36. The maximum absolute atomic E-state index is 12.4. The topological polar surface area (TPSA) is 55.1 Å². The fraction of sp³-hybridized carbons (Fsp3) is 0.368. The number of H-pyrrole nitrogens is 1. The molecule has 0 aliphatic carbocycles. The number of hydrogen-bond donors (Lipinski definition) is 2. The van der Waals surface area contributed by atoms with Crippen LogP contribution in [0.5, 0.6) is 0 Å². The Bertz CT molecular complexity index is 926. The van der Waals surface area contributed by atoms with Gasteiger partial charge in [0, 0.05) is 26.1 Å². The molecule has 0 bridgehead atoms. The highest BCUT2D eigenvalue weighted by molar-refractivity contribution is 5.77. The average Bonchev–Trinajstić information content (AvgIpc) is 3.22. The Morgan fingerprint density at radius 3 is 2.92 bits per heavy atom. The number of nitrogens with zero attached hydrogens (tertiary/aromatic N) is 2. The molecule has 5 heteroatoms. The second-order valence-electron chi connectivity index (χ2n) is 6.75. The first-order chi connectivity index (χ1) is 11.6. The molecule has 1 aliphatic rings. The summed E-state index contributed by atoms with van der Waals surface area (Å²) >= 11 is 0. The van der Waals surface area contributed by atoms with Crippen molar-refractivity contribution < 1.29 is 4.90 Å². The Labute approximate surface area is 140 Å². The van der Waals surface area contributed by atoms with Crippen LogP contribution in [0.15, 0.2) is 47.4 Å². The summed E-state index contributed by atoms with van der Waals surface area (Å²) in [4.78, 5) is 21.6. The normalized spacial score (nSPS) is 22.1. The lowest BCUT2D eigenvalue weighted by Gasteiger charge is -2.27. The van der Waals surface area contributed by atoms with Crippen molar-refractivity contribution in [3.8, 4) is 0 Å². The lowest BCUT2D eigenvalue weighted by molar-refractivity contribution is -0.948. The maximum Gasteiger partial charge on any atom is 0.258 e. The van der Waals surface area contributed by atoms with Gasteiger partial charge in [0.15, 0.2) is 5.82 Å². The number of para-hydroxylation sites is 1. The second kappa shape index (κ2) is 5.91. The van der Waals surface area contributed by atoms with Crippen molar-refractivity contribution in [3.63, 3.8) is 0 Å². The van der Waals surface area contributed by atoms with Crippen LogP contribution >= 0.6 is 0 Å². The molecule has 0 radical (unpaired) electrons. The summed E-state index contributed by atoms with van der Waals surface area (Å²) < 4.78 is 2.21. The van der Waals surface area contributed by atoms with Gasteiger partial charge in [-0.3, -0.25) is 4.79 Å². The van der Waals surface area contributed by atoms with E-state index in [4.69, 9.17) is 4.98 Å². The Balaban J connectivity index is 1.71. The van der Waals surface area contributed by atoms with Gasteiger partial charge in [0.2, 0.25) is 0 Å². The van der Waals surface area contributed by atoms with E-state index in [1.165, 1.54) is 23.4 Å². The fourth-order valence-electron chi connectivity index (χ4n) is 4.05. The van der Waals surface area contributed by atoms with Gasteiger partial charge in [-0.25, -0.2) is 4.98 Å². The van der Waals surface area contributed by atoms with E-state index in [2.05, 4.69) is 41.9 Å². The first-order valence-electron chi connectivity index (χ1n) is 8.61. The third kappa shape index (κ3) is 2.45. The molecule has 0 spiro atoms. The van der Waals surface area contributed by atoms with Crippen LogP contribution in [0.1, 0.15) is 43.4 Å². The van der Waals surface area contributed by atoms with Gasteiger partial charge >= 0.3 is 0 Å². The molecule has 24 heavy (non-hydrogen) atoms. The van der Waals surface area contributed by atoms with Crippen molar-refractivity contribution in [2.24, 2.45) is 7.05 Å².